The third-order valence-corrected chi connectivity index (χ3v) is 9.06. The number of halogens is 3. The third-order valence-electron chi connectivity index (χ3n) is 6.45. The molecule has 3 aromatic carbocycles. The van der Waals surface area contributed by atoms with Gasteiger partial charge in [-0.2, -0.15) is 0 Å². The van der Waals surface area contributed by atoms with Gasteiger partial charge in [0.25, 0.3) is 10.0 Å². The van der Waals surface area contributed by atoms with Gasteiger partial charge in [-0.3, -0.25) is 13.9 Å². The molecule has 0 saturated heterocycles. The minimum Gasteiger partial charge on any atom is -0.352 e. The first kappa shape index (κ1) is 31.7. The Labute approximate surface area is 251 Å². The van der Waals surface area contributed by atoms with Crippen LogP contribution in [0.5, 0.6) is 0 Å². The smallest absolute Gasteiger partial charge is 0.264 e. The molecule has 214 valence electrons. The molecule has 3 aromatic rings. The lowest BCUT2D eigenvalue weighted by molar-refractivity contribution is -0.140. The average molecular weight is 625 g/mol. The molecule has 0 radical (unpaired) electrons. The van der Waals surface area contributed by atoms with E-state index in [4.69, 9.17) is 34.8 Å². The molecule has 0 aromatic heterocycles. The molecular weight excluding hydrogens is 593 g/mol. The lowest BCUT2D eigenvalue weighted by Gasteiger charge is -2.34. The minimum absolute atomic E-state index is 0.0108. The van der Waals surface area contributed by atoms with Crippen LogP contribution in [0.1, 0.15) is 39.2 Å². The number of hydrogen-bond donors (Lipinski definition) is 1. The summed E-state index contributed by atoms with van der Waals surface area (Å²) < 4.78 is 28.6. The van der Waals surface area contributed by atoms with Crippen LogP contribution in [-0.2, 0) is 26.2 Å². The second kappa shape index (κ2) is 14.2. The van der Waals surface area contributed by atoms with Gasteiger partial charge in [0.1, 0.15) is 12.6 Å². The van der Waals surface area contributed by atoms with Gasteiger partial charge in [-0.05, 0) is 67.8 Å². The highest BCUT2D eigenvalue weighted by molar-refractivity contribution is 7.92. The number of anilines is 1. The van der Waals surface area contributed by atoms with Crippen molar-refractivity contribution < 1.29 is 18.0 Å². The summed E-state index contributed by atoms with van der Waals surface area (Å²) in [6, 6.07) is 18.0. The fourth-order valence-electron chi connectivity index (χ4n) is 4.07. The zero-order chi connectivity index (χ0) is 29.4. The molecule has 1 N–H and O–H groups in total. The van der Waals surface area contributed by atoms with Crippen LogP contribution in [-0.4, -0.2) is 43.8 Å². The molecule has 40 heavy (non-hydrogen) atoms. The van der Waals surface area contributed by atoms with Gasteiger partial charge < -0.3 is 10.2 Å². The van der Waals surface area contributed by atoms with Crippen LogP contribution in [0.15, 0.2) is 77.7 Å². The number of carbonyl (C=O) groups excluding carboxylic acids is 2. The van der Waals surface area contributed by atoms with Crippen molar-refractivity contribution in [2.75, 3.05) is 10.8 Å². The van der Waals surface area contributed by atoms with E-state index in [0.717, 1.165) is 4.31 Å². The zero-order valence-electron chi connectivity index (χ0n) is 22.5. The van der Waals surface area contributed by atoms with Crippen molar-refractivity contribution in [1.29, 1.82) is 0 Å². The summed E-state index contributed by atoms with van der Waals surface area (Å²) in [6.45, 7) is 5.01. The fraction of sp³-hybridized carbons (Fsp3) is 0.310. The first-order chi connectivity index (χ1) is 19.0. The number of carbonyl (C=O) groups is 2. The van der Waals surface area contributed by atoms with E-state index in [9.17, 15) is 18.0 Å². The highest BCUT2D eigenvalue weighted by Crippen LogP contribution is 2.28. The van der Waals surface area contributed by atoms with E-state index in [1.807, 2.05) is 13.8 Å². The molecule has 0 aliphatic heterocycles. The highest BCUT2D eigenvalue weighted by atomic mass is 35.5. The molecule has 0 aliphatic carbocycles. The van der Waals surface area contributed by atoms with Crippen LogP contribution in [0.25, 0.3) is 0 Å². The van der Waals surface area contributed by atoms with Gasteiger partial charge in [0.15, 0.2) is 0 Å². The minimum atomic E-state index is -4.18. The Morgan fingerprint density at radius 1 is 0.875 bits per heavy atom. The molecule has 0 saturated carbocycles. The van der Waals surface area contributed by atoms with E-state index in [0.29, 0.717) is 33.5 Å². The first-order valence-corrected chi connectivity index (χ1v) is 15.4. The molecule has 3 rings (SSSR count). The molecule has 7 nitrogen and oxygen atoms in total. The molecule has 2 amide bonds. The Morgan fingerprint density at radius 2 is 1.55 bits per heavy atom. The standard InChI is InChI=1S/C29H32Cl3N3O4S/c1-4-20(3)33-29(37)27(5-2)34(18-21-14-15-23(31)17-26(21)32)28(36)19-35(24-11-9-10-22(30)16-24)40(38,39)25-12-7-6-8-13-25/h6-17,20,27H,4-5,18-19H2,1-3H3,(H,33,37)/t20-,27+/m1/s1. The van der Waals surface area contributed by atoms with E-state index in [1.54, 1.807) is 61.5 Å². The number of nitrogens with one attached hydrogen (secondary N) is 1. The fourth-order valence-corrected chi connectivity index (χ4v) is 6.15. The molecule has 2 atom stereocenters. The van der Waals surface area contributed by atoms with Gasteiger partial charge in [0.2, 0.25) is 11.8 Å². The molecule has 0 fully saturated rings. The Hall–Kier alpha value is -2.78. The Bertz CT molecular complexity index is 1440. The van der Waals surface area contributed by atoms with Gasteiger partial charge in [0, 0.05) is 27.7 Å². The molecule has 0 heterocycles. The first-order valence-electron chi connectivity index (χ1n) is 12.8. The number of amides is 2. The number of benzene rings is 3. The van der Waals surface area contributed by atoms with Crippen molar-refractivity contribution in [2.24, 2.45) is 0 Å². The topological polar surface area (TPSA) is 86.8 Å². The van der Waals surface area contributed by atoms with Gasteiger partial charge in [-0.15, -0.1) is 0 Å². The maximum absolute atomic E-state index is 14.1. The predicted molar refractivity (Wildman–Crippen MR) is 161 cm³/mol. The summed E-state index contributed by atoms with van der Waals surface area (Å²) in [5, 5.41) is 4.00. The quantitative estimate of drug-likeness (QED) is 0.247. The predicted octanol–water partition coefficient (Wildman–Crippen LogP) is 6.56. The second-order valence-corrected chi connectivity index (χ2v) is 12.4. The van der Waals surface area contributed by atoms with Gasteiger partial charge in [-0.25, -0.2) is 8.42 Å². The van der Waals surface area contributed by atoms with Crippen LogP contribution in [0.2, 0.25) is 15.1 Å². The summed E-state index contributed by atoms with van der Waals surface area (Å²) >= 11 is 18.7. The van der Waals surface area contributed by atoms with Crippen molar-refractivity contribution in [3.63, 3.8) is 0 Å². The van der Waals surface area contributed by atoms with Crippen LogP contribution in [0.3, 0.4) is 0 Å². The molecule has 11 heteroatoms. The molecule has 0 aliphatic rings. The van der Waals surface area contributed by atoms with E-state index in [1.165, 1.54) is 23.1 Å². The number of rotatable bonds is 12. The van der Waals surface area contributed by atoms with Gasteiger partial charge in [-0.1, -0.05) is 79.0 Å². The van der Waals surface area contributed by atoms with E-state index in [-0.39, 0.29) is 29.1 Å². The van der Waals surface area contributed by atoms with Crippen LogP contribution >= 0.6 is 34.8 Å². The average Bonchev–Trinajstić information content (AvgIpc) is 2.92. The van der Waals surface area contributed by atoms with Crippen LogP contribution in [0, 0.1) is 0 Å². The summed E-state index contributed by atoms with van der Waals surface area (Å²) in [5.41, 5.74) is 0.778. The van der Waals surface area contributed by atoms with Crippen molar-refractivity contribution in [3.8, 4) is 0 Å². The van der Waals surface area contributed by atoms with Crippen molar-refractivity contribution in [1.82, 2.24) is 10.2 Å². The lowest BCUT2D eigenvalue weighted by atomic mass is 10.1. The Balaban J connectivity index is 2.07. The molecule has 0 spiro atoms. The van der Waals surface area contributed by atoms with Gasteiger partial charge >= 0.3 is 0 Å². The zero-order valence-corrected chi connectivity index (χ0v) is 25.6. The van der Waals surface area contributed by atoms with Crippen LogP contribution in [0.4, 0.5) is 5.69 Å². The summed E-state index contributed by atoms with van der Waals surface area (Å²) in [7, 11) is -4.18. The largest absolute Gasteiger partial charge is 0.352 e. The van der Waals surface area contributed by atoms with E-state index >= 15 is 0 Å². The van der Waals surface area contributed by atoms with E-state index in [2.05, 4.69) is 5.32 Å². The van der Waals surface area contributed by atoms with Crippen molar-refractivity contribution in [2.45, 2.75) is 57.1 Å². The number of sulfonamides is 1. The summed E-state index contributed by atoms with van der Waals surface area (Å²) in [5.74, 6) is -0.924. The van der Waals surface area contributed by atoms with E-state index < -0.39 is 28.5 Å². The highest BCUT2D eigenvalue weighted by Gasteiger charge is 2.34. The monoisotopic (exact) mass is 623 g/mol. The Kier molecular flexibility index (Phi) is 11.3. The second-order valence-electron chi connectivity index (χ2n) is 9.30. The maximum atomic E-state index is 14.1. The number of nitrogens with zero attached hydrogens (tertiary/aromatic N) is 2. The van der Waals surface area contributed by atoms with Crippen molar-refractivity contribution in [3.05, 3.63) is 93.4 Å². The summed E-state index contributed by atoms with van der Waals surface area (Å²) in [4.78, 5) is 28.8. The molecule has 0 bridgehead atoms. The van der Waals surface area contributed by atoms with Crippen molar-refractivity contribution >= 4 is 62.3 Å². The lowest BCUT2D eigenvalue weighted by Crippen LogP contribution is -2.53. The Morgan fingerprint density at radius 3 is 2.15 bits per heavy atom. The third kappa shape index (κ3) is 7.91. The summed E-state index contributed by atoms with van der Waals surface area (Å²) in [6.07, 6.45) is 0.999. The number of hydrogen-bond acceptors (Lipinski definition) is 4. The normalized spacial score (nSPS) is 12.8. The van der Waals surface area contributed by atoms with Gasteiger partial charge in [0.05, 0.1) is 10.6 Å². The molecular formula is C29H32Cl3N3O4S. The molecule has 0 unspecified atom stereocenters. The SMILES string of the molecule is CC[C@@H](C)NC(=O)[C@H](CC)N(Cc1ccc(Cl)cc1Cl)C(=O)CN(c1cccc(Cl)c1)S(=O)(=O)c1ccccc1. The van der Waals surface area contributed by atoms with Crippen LogP contribution < -0.4 is 9.62 Å². The maximum Gasteiger partial charge on any atom is 0.264 e.